The average molecular weight is 297 g/mol. The van der Waals surface area contributed by atoms with Crippen molar-refractivity contribution in [1.82, 2.24) is 19.5 Å². The monoisotopic (exact) mass is 297 g/mol. The molecule has 21 heavy (non-hydrogen) atoms. The van der Waals surface area contributed by atoms with E-state index in [9.17, 15) is 15.3 Å². The molecule has 1 saturated heterocycles. The van der Waals surface area contributed by atoms with Crippen LogP contribution in [0.4, 0.5) is 5.82 Å². The van der Waals surface area contributed by atoms with E-state index in [2.05, 4.69) is 15.0 Å². The van der Waals surface area contributed by atoms with Crippen molar-refractivity contribution in [2.45, 2.75) is 31.1 Å². The number of rotatable bonds is 3. The molecule has 0 radical (unpaired) electrons. The maximum Gasteiger partial charge on any atom is 0.167 e. The minimum Gasteiger partial charge on any atom is -0.394 e. The van der Waals surface area contributed by atoms with E-state index in [0.717, 1.165) is 0 Å². The summed E-state index contributed by atoms with van der Waals surface area (Å²) in [4.78, 5) is 11.9. The van der Waals surface area contributed by atoms with E-state index in [1.807, 2.05) is 0 Å². The van der Waals surface area contributed by atoms with Crippen LogP contribution in [-0.2, 0) is 11.3 Å². The molecule has 114 valence electrons. The first-order valence-electron chi connectivity index (χ1n) is 6.29. The predicted octanol–water partition coefficient (Wildman–Crippen LogP) is -2.49. The summed E-state index contributed by atoms with van der Waals surface area (Å²) in [5.41, 5.74) is 6.23. The van der Waals surface area contributed by atoms with E-state index in [-0.39, 0.29) is 22.8 Å². The first-order valence-corrected chi connectivity index (χ1v) is 6.29. The highest BCUT2D eigenvalue weighted by Gasteiger charge is 2.44. The van der Waals surface area contributed by atoms with Gasteiger partial charge in [0, 0.05) is 0 Å². The zero-order chi connectivity index (χ0) is 15.1. The Kier molecular flexibility index (Phi) is 3.47. The van der Waals surface area contributed by atoms with E-state index in [4.69, 9.17) is 15.6 Å². The molecule has 0 spiro atoms. The molecule has 10 heteroatoms. The molecule has 6 N–H and O–H groups in total. The molecule has 0 amide bonds. The zero-order valence-electron chi connectivity index (χ0n) is 10.9. The normalized spacial score (nSPS) is 29.3. The molecule has 3 heterocycles. The fourth-order valence-electron chi connectivity index (χ4n) is 2.44. The van der Waals surface area contributed by atoms with Crippen LogP contribution in [0.1, 0.15) is 12.1 Å². The number of anilines is 1. The molecule has 1 fully saturated rings. The standard InChI is InChI=1S/C11H15N5O5/c12-9-6-10(14-3-13-9)16(5(2-18)15-6)11-8(20)7(19)4(1-17)21-11/h3-4,7-8,11,17-20H,1-2H2,(H2,12,13,14)/t4-,7-,8-,11-/m1/s1. The molecular weight excluding hydrogens is 282 g/mol. The number of nitrogens with two attached hydrogens (primary N) is 1. The number of hydrogen-bond acceptors (Lipinski definition) is 9. The van der Waals surface area contributed by atoms with Gasteiger partial charge in [0.2, 0.25) is 0 Å². The third-order valence-electron chi connectivity index (χ3n) is 3.49. The van der Waals surface area contributed by atoms with E-state index in [1.165, 1.54) is 10.9 Å². The number of aromatic nitrogens is 4. The van der Waals surface area contributed by atoms with Gasteiger partial charge in [0.15, 0.2) is 23.2 Å². The Balaban J connectivity index is 2.14. The molecule has 1 aliphatic heterocycles. The first-order chi connectivity index (χ1) is 10.1. The Morgan fingerprint density at radius 1 is 1.24 bits per heavy atom. The van der Waals surface area contributed by atoms with Crippen LogP contribution < -0.4 is 5.73 Å². The van der Waals surface area contributed by atoms with Gasteiger partial charge in [-0.15, -0.1) is 0 Å². The molecule has 0 aliphatic carbocycles. The molecule has 4 atom stereocenters. The van der Waals surface area contributed by atoms with E-state index >= 15 is 0 Å². The fourth-order valence-corrected chi connectivity index (χ4v) is 2.44. The summed E-state index contributed by atoms with van der Waals surface area (Å²) in [5.74, 6) is 0.284. The summed E-state index contributed by atoms with van der Waals surface area (Å²) in [7, 11) is 0. The number of aliphatic hydroxyl groups excluding tert-OH is 4. The second-order valence-corrected chi connectivity index (χ2v) is 4.72. The number of aliphatic hydroxyl groups is 4. The van der Waals surface area contributed by atoms with E-state index < -0.39 is 37.8 Å². The molecular formula is C11H15N5O5. The molecule has 0 aromatic carbocycles. The van der Waals surface area contributed by atoms with Crippen LogP contribution in [0.15, 0.2) is 6.33 Å². The summed E-state index contributed by atoms with van der Waals surface area (Å²) < 4.78 is 6.77. The maximum atomic E-state index is 10.1. The summed E-state index contributed by atoms with van der Waals surface area (Å²) in [5, 5.41) is 38.5. The first kappa shape index (κ1) is 14.1. The van der Waals surface area contributed by atoms with Crippen LogP contribution in [0.3, 0.4) is 0 Å². The molecule has 0 saturated carbocycles. The Bertz CT molecular complexity index is 662. The molecule has 2 aromatic rings. The van der Waals surface area contributed by atoms with Crippen LogP contribution in [0, 0.1) is 0 Å². The van der Waals surface area contributed by atoms with Crippen molar-refractivity contribution in [2.75, 3.05) is 12.3 Å². The average Bonchev–Trinajstić information content (AvgIpc) is 2.99. The molecule has 2 aromatic heterocycles. The van der Waals surface area contributed by atoms with Crippen LogP contribution in [0.5, 0.6) is 0 Å². The third-order valence-corrected chi connectivity index (χ3v) is 3.49. The van der Waals surface area contributed by atoms with Gasteiger partial charge in [-0.05, 0) is 0 Å². The quantitative estimate of drug-likeness (QED) is 0.413. The summed E-state index contributed by atoms with van der Waals surface area (Å²) >= 11 is 0. The van der Waals surface area contributed by atoms with Gasteiger partial charge in [-0.1, -0.05) is 0 Å². The maximum absolute atomic E-state index is 10.1. The topological polar surface area (TPSA) is 160 Å². The van der Waals surface area contributed by atoms with Crippen molar-refractivity contribution in [2.24, 2.45) is 0 Å². The summed E-state index contributed by atoms with van der Waals surface area (Å²) in [6.07, 6.45) is -3.32. The van der Waals surface area contributed by atoms with E-state index in [1.54, 1.807) is 0 Å². The molecule has 1 aliphatic rings. The van der Waals surface area contributed by atoms with Gasteiger partial charge >= 0.3 is 0 Å². The molecule has 3 rings (SSSR count). The van der Waals surface area contributed by atoms with Gasteiger partial charge in [0.1, 0.15) is 37.1 Å². The highest BCUT2D eigenvalue weighted by atomic mass is 16.6. The van der Waals surface area contributed by atoms with Crippen LogP contribution in [-0.4, -0.2) is 64.9 Å². The lowest BCUT2D eigenvalue weighted by Crippen LogP contribution is -2.33. The number of ether oxygens (including phenoxy) is 1. The Hall–Kier alpha value is -1.85. The van der Waals surface area contributed by atoms with Crippen molar-refractivity contribution in [3.63, 3.8) is 0 Å². The van der Waals surface area contributed by atoms with Crippen molar-refractivity contribution in [1.29, 1.82) is 0 Å². The van der Waals surface area contributed by atoms with Gasteiger partial charge < -0.3 is 30.9 Å². The largest absolute Gasteiger partial charge is 0.394 e. The van der Waals surface area contributed by atoms with Gasteiger partial charge in [-0.3, -0.25) is 4.57 Å². The Morgan fingerprint density at radius 2 is 2.00 bits per heavy atom. The van der Waals surface area contributed by atoms with Gasteiger partial charge in [-0.2, -0.15) is 0 Å². The number of fused-ring (bicyclic) bond motifs is 1. The zero-order valence-corrected chi connectivity index (χ0v) is 10.9. The second kappa shape index (κ2) is 5.16. The number of hydrogen-bond donors (Lipinski definition) is 5. The van der Waals surface area contributed by atoms with Gasteiger partial charge in [0.05, 0.1) is 6.61 Å². The predicted molar refractivity (Wildman–Crippen MR) is 68.7 cm³/mol. The van der Waals surface area contributed by atoms with Gasteiger partial charge in [0.25, 0.3) is 0 Å². The smallest absolute Gasteiger partial charge is 0.167 e. The van der Waals surface area contributed by atoms with Gasteiger partial charge in [-0.25, -0.2) is 15.0 Å². The highest BCUT2D eigenvalue weighted by molar-refractivity contribution is 5.81. The van der Waals surface area contributed by atoms with Crippen LogP contribution in [0.25, 0.3) is 11.2 Å². The minimum atomic E-state index is -1.30. The third kappa shape index (κ3) is 2.04. The Labute approximate surface area is 118 Å². The lowest BCUT2D eigenvalue weighted by Gasteiger charge is -2.18. The number of nitrogens with zero attached hydrogens (tertiary/aromatic N) is 4. The fraction of sp³-hybridized carbons (Fsp3) is 0.545. The molecule has 0 unspecified atom stereocenters. The van der Waals surface area contributed by atoms with Crippen molar-refractivity contribution in [3.8, 4) is 0 Å². The van der Waals surface area contributed by atoms with Crippen molar-refractivity contribution >= 4 is 17.0 Å². The lowest BCUT2D eigenvalue weighted by atomic mass is 10.1. The van der Waals surface area contributed by atoms with Crippen LogP contribution >= 0.6 is 0 Å². The van der Waals surface area contributed by atoms with Crippen LogP contribution in [0.2, 0.25) is 0 Å². The van der Waals surface area contributed by atoms with Crippen molar-refractivity contribution < 1.29 is 25.2 Å². The van der Waals surface area contributed by atoms with E-state index in [0.29, 0.717) is 0 Å². The lowest BCUT2D eigenvalue weighted by molar-refractivity contribution is -0.0533. The Morgan fingerprint density at radius 3 is 2.62 bits per heavy atom. The molecule has 0 bridgehead atoms. The number of imidazole rings is 1. The molecule has 10 nitrogen and oxygen atoms in total. The number of nitrogen functional groups attached to an aromatic ring is 1. The second-order valence-electron chi connectivity index (χ2n) is 4.72. The summed E-state index contributed by atoms with van der Waals surface area (Å²) in [6.45, 7) is -0.894. The van der Waals surface area contributed by atoms with Crippen molar-refractivity contribution in [3.05, 3.63) is 12.2 Å². The SMILES string of the molecule is Nc1ncnc2c1nc(CO)n2[C@@H]1O[C@H](CO)[C@@H](O)[C@H]1O. The summed E-state index contributed by atoms with van der Waals surface area (Å²) in [6, 6.07) is 0. The highest BCUT2D eigenvalue weighted by Crippen LogP contribution is 2.33. The minimum absolute atomic E-state index is 0.125.